The molecule has 0 amide bonds. The van der Waals surface area contributed by atoms with E-state index in [4.69, 9.17) is 9.05 Å². The van der Waals surface area contributed by atoms with E-state index in [1.807, 2.05) is 0 Å². The molecule has 188 valence electrons. The van der Waals surface area contributed by atoms with Crippen molar-refractivity contribution in [2.45, 2.75) is 111 Å². The van der Waals surface area contributed by atoms with E-state index in [1.54, 1.807) is 0 Å². The maximum atomic E-state index is 13.3. The first-order valence-corrected chi connectivity index (χ1v) is 13.6. The van der Waals surface area contributed by atoms with E-state index in [1.165, 1.54) is 0 Å². The van der Waals surface area contributed by atoms with Crippen LogP contribution in [0, 0.1) is 0 Å². The van der Waals surface area contributed by atoms with E-state index in [0.717, 1.165) is 33.4 Å². The maximum Gasteiger partial charge on any atom is 0.372 e. The Morgan fingerprint density at radius 3 is 1.21 bits per heavy atom. The molecule has 3 rings (SSSR count). The topological polar surface area (TPSA) is 58.6 Å². The van der Waals surface area contributed by atoms with Crippen molar-refractivity contribution < 1.29 is 18.5 Å². The van der Waals surface area contributed by atoms with Crippen LogP contribution in [0.15, 0.2) is 24.3 Å². The summed E-state index contributed by atoms with van der Waals surface area (Å²) in [4.78, 5) is 13.3. The molecule has 0 N–H and O–H groups in total. The van der Waals surface area contributed by atoms with Crippen LogP contribution in [0.2, 0.25) is 0 Å². The first-order valence-electron chi connectivity index (χ1n) is 12.2. The van der Waals surface area contributed by atoms with Gasteiger partial charge in [0.1, 0.15) is 11.5 Å². The second kappa shape index (κ2) is 8.14. The van der Waals surface area contributed by atoms with Gasteiger partial charge in [-0.05, 0) is 43.9 Å². The van der Waals surface area contributed by atoms with Crippen LogP contribution >= 0.6 is 7.82 Å². The molecule has 1 aliphatic rings. The van der Waals surface area contributed by atoms with Crippen molar-refractivity contribution in [2.75, 3.05) is 0 Å². The molecular formula is C29H42O4P-. The average molecular weight is 486 g/mol. The maximum absolute atomic E-state index is 13.3. The molecule has 0 radical (unpaired) electrons. The van der Waals surface area contributed by atoms with Crippen molar-refractivity contribution in [3.63, 3.8) is 0 Å². The summed E-state index contributed by atoms with van der Waals surface area (Å²) in [5.74, 6) is 0.811. The Kier molecular flexibility index (Phi) is 6.42. The fourth-order valence-corrected chi connectivity index (χ4v) is 5.20. The zero-order chi connectivity index (χ0) is 26.1. The van der Waals surface area contributed by atoms with Gasteiger partial charge in [-0.3, -0.25) is 0 Å². The molecule has 0 spiro atoms. The lowest BCUT2D eigenvalue weighted by Crippen LogP contribution is -2.25. The Morgan fingerprint density at radius 1 is 0.618 bits per heavy atom. The minimum Gasteiger partial charge on any atom is -0.736 e. The molecule has 0 fully saturated rings. The normalized spacial score (nSPS) is 16.5. The Balaban J connectivity index is 2.43. The molecule has 0 unspecified atom stereocenters. The van der Waals surface area contributed by atoms with Crippen LogP contribution in [0.5, 0.6) is 11.5 Å². The van der Waals surface area contributed by atoms with Crippen LogP contribution < -0.4 is 13.9 Å². The summed E-state index contributed by atoms with van der Waals surface area (Å²) in [7, 11) is -4.68. The molecule has 0 saturated carbocycles. The van der Waals surface area contributed by atoms with Crippen LogP contribution in [0.1, 0.15) is 116 Å². The summed E-state index contributed by atoms with van der Waals surface area (Å²) < 4.78 is 24.8. The third kappa shape index (κ3) is 5.55. The van der Waals surface area contributed by atoms with Gasteiger partial charge in [0.05, 0.1) is 0 Å². The van der Waals surface area contributed by atoms with E-state index in [-0.39, 0.29) is 21.7 Å². The van der Waals surface area contributed by atoms with Gasteiger partial charge in [-0.2, -0.15) is 0 Å². The summed E-state index contributed by atoms with van der Waals surface area (Å²) in [6.45, 7) is 25.5. The first kappa shape index (κ1) is 26.8. The number of rotatable bonds is 0. The highest BCUT2D eigenvalue weighted by atomic mass is 31.2. The number of benzene rings is 2. The van der Waals surface area contributed by atoms with Crippen molar-refractivity contribution in [3.05, 3.63) is 57.6 Å². The zero-order valence-corrected chi connectivity index (χ0v) is 24.0. The second-order valence-corrected chi connectivity index (χ2v) is 15.1. The van der Waals surface area contributed by atoms with Gasteiger partial charge < -0.3 is 13.9 Å². The smallest absolute Gasteiger partial charge is 0.372 e. The van der Waals surface area contributed by atoms with Crippen molar-refractivity contribution in [2.24, 2.45) is 0 Å². The summed E-state index contributed by atoms with van der Waals surface area (Å²) in [5, 5.41) is 0. The molecule has 0 aromatic heterocycles. The fourth-order valence-electron chi connectivity index (χ4n) is 4.28. The first-order chi connectivity index (χ1) is 15.1. The third-order valence-electron chi connectivity index (χ3n) is 6.47. The highest BCUT2D eigenvalue weighted by Gasteiger charge is 2.34. The molecule has 5 heteroatoms. The van der Waals surface area contributed by atoms with Crippen molar-refractivity contribution >= 4 is 7.82 Å². The van der Waals surface area contributed by atoms with E-state index in [2.05, 4.69) is 107 Å². The van der Waals surface area contributed by atoms with Gasteiger partial charge in [0.25, 0.3) is 0 Å². The number of hydrogen-bond donors (Lipinski definition) is 0. The minimum atomic E-state index is -4.68. The highest BCUT2D eigenvalue weighted by molar-refractivity contribution is 7.46. The van der Waals surface area contributed by atoms with E-state index in [9.17, 15) is 9.46 Å². The minimum absolute atomic E-state index is 0.0955. The fraction of sp³-hybridized carbons (Fsp3) is 0.586. The Labute approximate surface area is 206 Å². The predicted molar refractivity (Wildman–Crippen MR) is 139 cm³/mol. The van der Waals surface area contributed by atoms with Gasteiger partial charge in [0.2, 0.25) is 0 Å². The van der Waals surface area contributed by atoms with Crippen molar-refractivity contribution in [3.8, 4) is 11.5 Å². The molecule has 0 atom stereocenters. The second-order valence-electron chi connectivity index (χ2n) is 13.8. The van der Waals surface area contributed by atoms with E-state index in [0.29, 0.717) is 17.9 Å². The highest BCUT2D eigenvalue weighted by Crippen LogP contribution is 2.52. The Morgan fingerprint density at radius 2 is 0.941 bits per heavy atom. The van der Waals surface area contributed by atoms with Crippen molar-refractivity contribution in [1.29, 1.82) is 0 Å². The van der Waals surface area contributed by atoms with Gasteiger partial charge in [0.15, 0.2) is 0 Å². The number of fused-ring (bicyclic) bond motifs is 2. The molecule has 2 aromatic carbocycles. The SMILES string of the molecule is CC(C)(C)c1cc2c(c(C(C)(C)C)c1)OP(=O)([O-])Oc1c(cc(C(C)(C)C)cc1C(C)(C)C)C2. The van der Waals surface area contributed by atoms with Gasteiger partial charge in [-0.15, -0.1) is 0 Å². The summed E-state index contributed by atoms with van der Waals surface area (Å²) in [5.41, 5.74) is 5.02. The molecule has 34 heavy (non-hydrogen) atoms. The summed E-state index contributed by atoms with van der Waals surface area (Å²) in [6, 6.07) is 8.40. The molecule has 1 heterocycles. The predicted octanol–water partition coefficient (Wildman–Crippen LogP) is 7.71. The van der Waals surface area contributed by atoms with Gasteiger partial charge in [-0.25, -0.2) is 4.57 Å². The lowest BCUT2D eigenvalue weighted by molar-refractivity contribution is -0.208. The molecule has 0 bridgehead atoms. The van der Waals surface area contributed by atoms with Crippen LogP contribution in [0.25, 0.3) is 0 Å². The molecule has 1 aliphatic heterocycles. The van der Waals surface area contributed by atoms with E-state index < -0.39 is 7.82 Å². The molecular weight excluding hydrogens is 443 g/mol. The van der Waals surface area contributed by atoms with Crippen LogP contribution in [0.4, 0.5) is 0 Å². The van der Waals surface area contributed by atoms with Crippen LogP contribution in [-0.2, 0) is 32.6 Å². The van der Waals surface area contributed by atoms with E-state index >= 15 is 0 Å². The number of phosphoric acid groups is 1. The lowest BCUT2D eigenvalue weighted by atomic mass is 9.76. The average Bonchev–Trinajstić information content (AvgIpc) is 2.58. The third-order valence-corrected chi connectivity index (χ3v) is 7.28. The largest absolute Gasteiger partial charge is 0.736 e. The van der Waals surface area contributed by atoms with Gasteiger partial charge in [-0.1, -0.05) is 107 Å². The monoisotopic (exact) mass is 485 g/mol. The van der Waals surface area contributed by atoms with Crippen LogP contribution in [0.3, 0.4) is 0 Å². The van der Waals surface area contributed by atoms with Gasteiger partial charge >= 0.3 is 7.82 Å². The standard InChI is InChI=1S/C29H43O4P/c1-26(2,3)20-14-18-13-19-15-21(27(4,5)6)17-23(29(10,11)12)25(19)33-34(30,31)32-24(18)22(16-20)28(7,8)9/h14-17H,13H2,1-12H3,(H,30,31)/p-1. The zero-order valence-electron chi connectivity index (χ0n) is 23.1. The Hall–Kier alpha value is -1.77. The van der Waals surface area contributed by atoms with Gasteiger partial charge in [0, 0.05) is 17.5 Å². The summed E-state index contributed by atoms with van der Waals surface area (Å²) in [6.07, 6.45) is 0.532. The quantitative estimate of drug-likeness (QED) is 0.359. The van der Waals surface area contributed by atoms with Crippen molar-refractivity contribution in [1.82, 2.24) is 0 Å². The number of hydrogen-bond acceptors (Lipinski definition) is 4. The van der Waals surface area contributed by atoms with Crippen LogP contribution in [-0.4, -0.2) is 0 Å². The molecule has 0 aliphatic carbocycles. The molecule has 4 nitrogen and oxygen atoms in total. The number of phosphoric ester groups is 1. The molecule has 0 saturated heterocycles. The Bertz CT molecular complexity index is 1060. The molecule has 2 aromatic rings. The lowest BCUT2D eigenvalue weighted by Gasteiger charge is -2.36. The summed E-state index contributed by atoms with van der Waals surface area (Å²) >= 11 is 0.